The minimum Gasteiger partial charge on any atom is -0.444 e. The Morgan fingerprint density at radius 1 is 1.24 bits per heavy atom. The number of aliphatic imine (C=N–C) groups is 1. The van der Waals surface area contributed by atoms with Crippen molar-refractivity contribution in [3.8, 4) is 11.5 Å². The van der Waals surface area contributed by atoms with Crippen LogP contribution in [0.2, 0.25) is 0 Å². The van der Waals surface area contributed by atoms with Crippen LogP contribution in [0.15, 0.2) is 39.9 Å². The van der Waals surface area contributed by atoms with Gasteiger partial charge in [-0.05, 0) is 38.3 Å². The van der Waals surface area contributed by atoms with Gasteiger partial charge in [-0.25, -0.2) is 4.98 Å². The van der Waals surface area contributed by atoms with Crippen molar-refractivity contribution in [1.82, 2.24) is 15.2 Å². The van der Waals surface area contributed by atoms with Crippen LogP contribution >= 0.6 is 0 Å². The van der Waals surface area contributed by atoms with Crippen molar-refractivity contribution < 1.29 is 13.9 Å². The number of oxazole rings is 1. The molecule has 0 amide bonds. The van der Waals surface area contributed by atoms with Crippen molar-refractivity contribution in [3.63, 3.8) is 0 Å². The van der Waals surface area contributed by atoms with Crippen molar-refractivity contribution in [2.24, 2.45) is 4.99 Å². The van der Waals surface area contributed by atoms with Gasteiger partial charge in [0.1, 0.15) is 6.26 Å². The van der Waals surface area contributed by atoms with Gasteiger partial charge in [0.05, 0.1) is 18.3 Å². The lowest BCUT2D eigenvalue weighted by Crippen LogP contribution is -2.46. The topological polar surface area (TPSA) is 72.1 Å². The summed E-state index contributed by atoms with van der Waals surface area (Å²) in [7, 11) is 3.54. The van der Waals surface area contributed by atoms with E-state index in [4.69, 9.17) is 13.9 Å². The van der Waals surface area contributed by atoms with Crippen LogP contribution < -0.4 is 5.32 Å². The molecule has 0 spiro atoms. The van der Waals surface area contributed by atoms with Gasteiger partial charge < -0.3 is 24.1 Å². The summed E-state index contributed by atoms with van der Waals surface area (Å²) in [4.78, 5) is 11.3. The van der Waals surface area contributed by atoms with Gasteiger partial charge in [0, 0.05) is 46.0 Å². The van der Waals surface area contributed by atoms with E-state index in [1.165, 1.54) is 5.56 Å². The Labute approximate surface area is 173 Å². The summed E-state index contributed by atoms with van der Waals surface area (Å²) < 4.78 is 16.6. The van der Waals surface area contributed by atoms with Gasteiger partial charge in [-0.3, -0.25) is 4.99 Å². The molecule has 1 N–H and O–H groups in total. The number of hydrogen-bond acceptors (Lipinski definition) is 5. The molecule has 29 heavy (non-hydrogen) atoms. The molecule has 0 aliphatic carbocycles. The third-order valence-corrected chi connectivity index (χ3v) is 5.08. The molecule has 0 unspecified atom stereocenters. The van der Waals surface area contributed by atoms with Gasteiger partial charge in [0.25, 0.3) is 0 Å². The number of benzene rings is 1. The normalized spacial score (nSPS) is 15.7. The first-order chi connectivity index (χ1) is 14.2. The quantitative estimate of drug-likeness (QED) is 0.417. The first kappa shape index (κ1) is 21.3. The van der Waals surface area contributed by atoms with Crippen LogP contribution in [0.5, 0.6) is 0 Å². The third-order valence-electron chi connectivity index (χ3n) is 5.08. The van der Waals surface area contributed by atoms with Crippen LogP contribution in [0.3, 0.4) is 0 Å². The monoisotopic (exact) mass is 400 g/mol. The second-order valence-electron chi connectivity index (χ2n) is 7.31. The van der Waals surface area contributed by atoms with E-state index < -0.39 is 0 Å². The number of nitrogens with one attached hydrogen (secondary N) is 1. The molecule has 1 saturated heterocycles. The largest absolute Gasteiger partial charge is 0.444 e. The van der Waals surface area contributed by atoms with Crippen LogP contribution in [0.4, 0.5) is 0 Å². The van der Waals surface area contributed by atoms with Gasteiger partial charge in [0.15, 0.2) is 5.96 Å². The summed E-state index contributed by atoms with van der Waals surface area (Å²) in [5, 5.41) is 3.40. The predicted molar refractivity (Wildman–Crippen MR) is 114 cm³/mol. The summed E-state index contributed by atoms with van der Waals surface area (Å²) in [5.41, 5.74) is 3.06. The Morgan fingerprint density at radius 3 is 2.69 bits per heavy atom. The highest BCUT2D eigenvalue weighted by Crippen LogP contribution is 2.19. The molecule has 0 bridgehead atoms. The van der Waals surface area contributed by atoms with E-state index in [0.717, 1.165) is 62.8 Å². The van der Waals surface area contributed by atoms with E-state index in [1.807, 2.05) is 19.2 Å². The fraction of sp³-hybridized carbons (Fsp3) is 0.545. The second-order valence-corrected chi connectivity index (χ2v) is 7.31. The van der Waals surface area contributed by atoms with Gasteiger partial charge in [-0.2, -0.15) is 0 Å². The molecule has 0 saturated carbocycles. The molecule has 7 nitrogen and oxygen atoms in total. The van der Waals surface area contributed by atoms with Gasteiger partial charge in [-0.15, -0.1) is 0 Å². The average Bonchev–Trinajstić information content (AvgIpc) is 3.22. The van der Waals surface area contributed by atoms with Crippen molar-refractivity contribution >= 4 is 5.96 Å². The van der Waals surface area contributed by atoms with E-state index in [1.54, 1.807) is 13.4 Å². The van der Waals surface area contributed by atoms with Crippen LogP contribution in [-0.2, 0) is 16.0 Å². The van der Waals surface area contributed by atoms with Crippen LogP contribution in [0.25, 0.3) is 11.5 Å². The number of likely N-dealkylation sites (tertiary alicyclic amines) is 1. The number of aromatic nitrogens is 1. The zero-order chi connectivity index (χ0) is 20.5. The second kappa shape index (κ2) is 11.0. The summed E-state index contributed by atoms with van der Waals surface area (Å²) in [6.07, 6.45) is 5.00. The number of ether oxygens (including phenoxy) is 2. The van der Waals surface area contributed by atoms with E-state index in [-0.39, 0.29) is 0 Å². The Balaban J connectivity index is 1.45. The van der Waals surface area contributed by atoms with Gasteiger partial charge in [0.2, 0.25) is 5.89 Å². The van der Waals surface area contributed by atoms with Crippen molar-refractivity contribution in [1.29, 1.82) is 0 Å². The number of methoxy groups -OCH3 is 1. The molecule has 1 aliphatic rings. The number of nitrogens with zero attached hydrogens (tertiary/aromatic N) is 3. The Kier molecular flexibility index (Phi) is 8.07. The molecule has 3 rings (SSSR count). The maximum absolute atomic E-state index is 5.94. The van der Waals surface area contributed by atoms with Crippen LogP contribution in [0.1, 0.15) is 30.5 Å². The van der Waals surface area contributed by atoms with Crippen molar-refractivity contribution in [2.75, 3.05) is 40.5 Å². The molecule has 2 aromatic rings. The highest BCUT2D eigenvalue weighted by atomic mass is 16.5. The molecule has 7 heteroatoms. The zero-order valence-electron chi connectivity index (χ0n) is 17.7. The number of rotatable bonds is 8. The lowest BCUT2D eigenvalue weighted by molar-refractivity contribution is 0.00989. The molecule has 1 aromatic heterocycles. The third kappa shape index (κ3) is 6.30. The number of piperidine rings is 1. The molecule has 0 atom stereocenters. The Hall–Kier alpha value is -2.38. The summed E-state index contributed by atoms with van der Waals surface area (Å²) >= 11 is 0. The Bertz CT molecular complexity index is 765. The summed E-state index contributed by atoms with van der Waals surface area (Å²) in [6.45, 7) is 6.03. The standard InChI is InChI=1S/C22H32N4O3/c1-17-5-7-18(8-6-17)21-25-19(16-29-21)15-24-22(23-2)26-11-9-20(10-12-26)28-14-4-13-27-3/h5-8,16,20H,4,9-15H2,1-3H3,(H,23,24). The van der Waals surface area contributed by atoms with E-state index >= 15 is 0 Å². The fourth-order valence-corrected chi connectivity index (χ4v) is 3.41. The number of guanidine groups is 1. The summed E-state index contributed by atoms with van der Waals surface area (Å²) in [6, 6.07) is 8.17. The molecule has 1 fully saturated rings. The van der Waals surface area contributed by atoms with E-state index in [0.29, 0.717) is 18.5 Å². The lowest BCUT2D eigenvalue weighted by atomic mass is 10.1. The van der Waals surface area contributed by atoms with Crippen LogP contribution in [-0.4, -0.2) is 62.4 Å². The van der Waals surface area contributed by atoms with Gasteiger partial charge >= 0.3 is 0 Å². The number of aryl methyl sites for hydroxylation is 1. The zero-order valence-corrected chi connectivity index (χ0v) is 17.7. The fourth-order valence-electron chi connectivity index (χ4n) is 3.41. The maximum Gasteiger partial charge on any atom is 0.226 e. The Morgan fingerprint density at radius 2 is 2.00 bits per heavy atom. The van der Waals surface area contributed by atoms with E-state index in [9.17, 15) is 0 Å². The minimum atomic E-state index is 0.328. The van der Waals surface area contributed by atoms with Crippen LogP contribution in [0, 0.1) is 6.92 Å². The molecular weight excluding hydrogens is 368 g/mol. The maximum atomic E-state index is 5.94. The molecular formula is C22H32N4O3. The average molecular weight is 401 g/mol. The van der Waals surface area contributed by atoms with Crippen molar-refractivity contribution in [2.45, 2.75) is 38.8 Å². The smallest absolute Gasteiger partial charge is 0.226 e. The first-order valence-corrected chi connectivity index (χ1v) is 10.3. The molecule has 2 heterocycles. The predicted octanol–water partition coefficient (Wildman–Crippen LogP) is 3.24. The van der Waals surface area contributed by atoms with Crippen molar-refractivity contribution in [3.05, 3.63) is 41.8 Å². The summed E-state index contributed by atoms with van der Waals surface area (Å²) in [5.74, 6) is 1.53. The molecule has 0 radical (unpaired) electrons. The number of hydrogen-bond donors (Lipinski definition) is 1. The molecule has 1 aromatic carbocycles. The molecule has 1 aliphatic heterocycles. The first-order valence-electron chi connectivity index (χ1n) is 10.3. The lowest BCUT2D eigenvalue weighted by Gasteiger charge is -2.34. The van der Waals surface area contributed by atoms with E-state index in [2.05, 4.69) is 39.2 Å². The highest BCUT2D eigenvalue weighted by Gasteiger charge is 2.22. The minimum absolute atomic E-state index is 0.328. The van der Waals surface area contributed by atoms with Gasteiger partial charge in [-0.1, -0.05) is 17.7 Å². The SMILES string of the molecule is CN=C(NCc1coc(-c2ccc(C)cc2)n1)N1CCC(OCCCOC)CC1. The molecule has 158 valence electrons. The highest BCUT2D eigenvalue weighted by molar-refractivity contribution is 5.79.